The van der Waals surface area contributed by atoms with E-state index in [1.807, 2.05) is 31.2 Å². The number of rotatable bonds is 4. The third-order valence-corrected chi connectivity index (χ3v) is 3.47. The second-order valence-electron chi connectivity index (χ2n) is 5.00. The first-order valence-electron chi connectivity index (χ1n) is 6.58. The van der Waals surface area contributed by atoms with Crippen LogP contribution in [0.15, 0.2) is 24.3 Å². The topological polar surface area (TPSA) is 29.5 Å². The van der Waals surface area contributed by atoms with Gasteiger partial charge in [-0.05, 0) is 19.9 Å². The van der Waals surface area contributed by atoms with E-state index in [9.17, 15) is 4.79 Å². The van der Waals surface area contributed by atoms with E-state index in [0.717, 1.165) is 37.4 Å². The van der Waals surface area contributed by atoms with Gasteiger partial charge in [-0.25, -0.2) is 0 Å². The van der Waals surface area contributed by atoms with Gasteiger partial charge in [0.1, 0.15) is 0 Å². The summed E-state index contributed by atoms with van der Waals surface area (Å²) in [4.78, 5) is 14.4. The van der Waals surface area contributed by atoms with E-state index >= 15 is 0 Å². The number of ether oxygens (including phenoxy) is 1. The second kappa shape index (κ2) is 6.12. The van der Waals surface area contributed by atoms with Crippen molar-refractivity contribution < 1.29 is 9.53 Å². The fraction of sp³-hybridized carbons (Fsp3) is 0.533. The monoisotopic (exact) mass is 247 g/mol. The Labute approximate surface area is 109 Å². The van der Waals surface area contributed by atoms with Gasteiger partial charge >= 0.3 is 0 Å². The number of nitrogens with zero attached hydrogens (tertiary/aromatic N) is 1. The van der Waals surface area contributed by atoms with Crippen molar-refractivity contribution >= 4 is 5.78 Å². The number of hydrogen-bond acceptors (Lipinski definition) is 3. The Morgan fingerprint density at radius 2 is 2.33 bits per heavy atom. The van der Waals surface area contributed by atoms with Gasteiger partial charge in [-0.3, -0.25) is 9.69 Å². The van der Waals surface area contributed by atoms with E-state index in [0.29, 0.717) is 12.5 Å². The molecule has 1 saturated heterocycles. The maximum absolute atomic E-state index is 12.1. The average Bonchev–Trinajstić information content (AvgIpc) is 2.37. The van der Waals surface area contributed by atoms with Crippen molar-refractivity contribution in [2.45, 2.75) is 26.3 Å². The number of benzene rings is 1. The highest BCUT2D eigenvalue weighted by molar-refractivity contribution is 5.96. The summed E-state index contributed by atoms with van der Waals surface area (Å²) in [6.45, 7) is 7.48. The Hall–Kier alpha value is -1.19. The highest BCUT2D eigenvalue weighted by Crippen LogP contribution is 2.10. The summed E-state index contributed by atoms with van der Waals surface area (Å²) in [5.41, 5.74) is 1.97. The molecule has 98 valence electrons. The molecule has 0 radical (unpaired) electrons. The number of morpholine rings is 1. The molecule has 0 saturated carbocycles. The highest BCUT2D eigenvalue weighted by Gasteiger charge is 2.19. The van der Waals surface area contributed by atoms with Gasteiger partial charge in [-0.15, -0.1) is 0 Å². The van der Waals surface area contributed by atoms with Gasteiger partial charge in [0.25, 0.3) is 0 Å². The summed E-state index contributed by atoms with van der Waals surface area (Å²) in [7, 11) is 0. The number of carbonyl (C=O) groups excluding carboxylic acids is 1. The van der Waals surface area contributed by atoms with Gasteiger partial charge in [-0.1, -0.05) is 23.8 Å². The van der Waals surface area contributed by atoms with Crippen LogP contribution in [0.5, 0.6) is 0 Å². The van der Waals surface area contributed by atoms with Crippen LogP contribution in [-0.2, 0) is 4.74 Å². The molecule has 0 aromatic heterocycles. The lowest BCUT2D eigenvalue weighted by Gasteiger charge is -2.32. The number of Topliss-reactive ketones (excluding diaryl/α,β-unsaturated/α-hetero) is 1. The quantitative estimate of drug-likeness (QED) is 0.765. The number of hydrogen-bond donors (Lipinski definition) is 0. The van der Waals surface area contributed by atoms with Crippen LogP contribution in [0.2, 0.25) is 0 Å². The van der Waals surface area contributed by atoms with Crippen LogP contribution in [0.1, 0.15) is 29.3 Å². The Balaban J connectivity index is 1.88. The van der Waals surface area contributed by atoms with Crippen LogP contribution < -0.4 is 0 Å². The zero-order valence-corrected chi connectivity index (χ0v) is 11.2. The Kier molecular flexibility index (Phi) is 4.50. The highest BCUT2D eigenvalue weighted by atomic mass is 16.5. The minimum Gasteiger partial charge on any atom is -0.379 e. The van der Waals surface area contributed by atoms with Crippen molar-refractivity contribution in [3.8, 4) is 0 Å². The molecule has 1 fully saturated rings. The molecule has 2 rings (SSSR count). The summed E-state index contributed by atoms with van der Waals surface area (Å²) in [5, 5.41) is 0. The minimum atomic E-state index is 0.234. The SMILES string of the molecule is Cc1cccc(C(=O)CCN2CCOCC2C)c1. The first-order valence-corrected chi connectivity index (χ1v) is 6.58. The molecule has 3 heteroatoms. The van der Waals surface area contributed by atoms with Gasteiger partial charge in [0, 0.05) is 31.1 Å². The Morgan fingerprint density at radius 1 is 1.50 bits per heavy atom. The van der Waals surface area contributed by atoms with E-state index in [-0.39, 0.29) is 5.78 Å². The molecule has 3 nitrogen and oxygen atoms in total. The maximum atomic E-state index is 12.1. The zero-order valence-electron chi connectivity index (χ0n) is 11.2. The van der Waals surface area contributed by atoms with E-state index in [2.05, 4.69) is 11.8 Å². The normalized spacial score (nSPS) is 20.9. The van der Waals surface area contributed by atoms with Crippen LogP contribution in [0.3, 0.4) is 0 Å². The average molecular weight is 247 g/mol. The van der Waals surface area contributed by atoms with Crippen molar-refractivity contribution in [2.75, 3.05) is 26.3 Å². The number of carbonyl (C=O) groups is 1. The lowest BCUT2D eigenvalue weighted by Crippen LogP contribution is -2.44. The Bertz CT molecular complexity index is 417. The van der Waals surface area contributed by atoms with E-state index in [1.54, 1.807) is 0 Å². The van der Waals surface area contributed by atoms with Gasteiger partial charge in [0.2, 0.25) is 0 Å². The third kappa shape index (κ3) is 3.40. The van der Waals surface area contributed by atoms with Crippen molar-refractivity contribution in [1.82, 2.24) is 4.90 Å². The molecule has 18 heavy (non-hydrogen) atoms. The summed E-state index contributed by atoms with van der Waals surface area (Å²) in [5.74, 6) is 0.234. The van der Waals surface area contributed by atoms with Crippen LogP contribution in [0, 0.1) is 6.92 Å². The summed E-state index contributed by atoms with van der Waals surface area (Å²) >= 11 is 0. The van der Waals surface area contributed by atoms with E-state index in [4.69, 9.17) is 4.74 Å². The van der Waals surface area contributed by atoms with E-state index < -0.39 is 0 Å². The predicted molar refractivity (Wildman–Crippen MR) is 72.0 cm³/mol. The molecule has 0 N–H and O–H groups in total. The molecule has 0 aliphatic carbocycles. The van der Waals surface area contributed by atoms with Crippen LogP contribution in [0.4, 0.5) is 0 Å². The molecule has 1 unspecified atom stereocenters. The van der Waals surface area contributed by atoms with Gasteiger partial charge in [0.15, 0.2) is 5.78 Å². The smallest absolute Gasteiger partial charge is 0.164 e. The molecular weight excluding hydrogens is 226 g/mol. The Morgan fingerprint density at radius 3 is 3.06 bits per heavy atom. The fourth-order valence-corrected chi connectivity index (χ4v) is 2.30. The summed E-state index contributed by atoms with van der Waals surface area (Å²) in [6, 6.07) is 8.24. The molecule has 0 amide bonds. The molecule has 1 aromatic rings. The van der Waals surface area contributed by atoms with Crippen molar-refractivity contribution in [3.05, 3.63) is 35.4 Å². The number of aryl methyl sites for hydroxylation is 1. The lowest BCUT2D eigenvalue weighted by molar-refractivity contribution is -0.000208. The molecule has 1 aliphatic heterocycles. The number of ketones is 1. The predicted octanol–water partition coefficient (Wildman–Crippen LogP) is 2.29. The third-order valence-electron chi connectivity index (χ3n) is 3.47. The molecule has 0 bridgehead atoms. The lowest BCUT2D eigenvalue weighted by atomic mass is 10.1. The van der Waals surface area contributed by atoms with Crippen molar-refractivity contribution in [3.63, 3.8) is 0 Å². The molecule has 0 spiro atoms. The van der Waals surface area contributed by atoms with Gasteiger partial charge in [-0.2, -0.15) is 0 Å². The molecule has 1 aliphatic rings. The van der Waals surface area contributed by atoms with Gasteiger partial charge in [0.05, 0.1) is 13.2 Å². The fourth-order valence-electron chi connectivity index (χ4n) is 2.30. The minimum absolute atomic E-state index is 0.234. The maximum Gasteiger partial charge on any atom is 0.164 e. The van der Waals surface area contributed by atoms with Gasteiger partial charge < -0.3 is 4.74 Å². The molecular formula is C15H21NO2. The molecule has 1 atom stereocenters. The first kappa shape index (κ1) is 13.2. The molecule has 1 aromatic carbocycles. The van der Waals surface area contributed by atoms with Crippen LogP contribution in [0.25, 0.3) is 0 Å². The second-order valence-corrected chi connectivity index (χ2v) is 5.00. The van der Waals surface area contributed by atoms with Crippen molar-refractivity contribution in [1.29, 1.82) is 0 Å². The molecule has 1 heterocycles. The van der Waals surface area contributed by atoms with Crippen molar-refractivity contribution in [2.24, 2.45) is 0 Å². The van der Waals surface area contributed by atoms with Crippen LogP contribution >= 0.6 is 0 Å². The standard InChI is InChI=1S/C15H21NO2/c1-12-4-3-5-14(10-12)15(17)6-7-16-8-9-18-11-13(16)2/h3-5,10,13H,6-9,11H2,1-2H3. The first-order chi connectivity index (χ1) is 8.66. The summed E-state index contributed by atoms with van der Waals surface area (Å²) < 4.78 is 5.39. The largest absolute Gasteiger partial charge is 0.379 e. The van der Waals surface area contributed by atoms with Crippen LogP contribution in [-0.4, -0.2) is 43.0 Å². The summed E-state index contributed by atoms with van der Waals surface area (Å²) in [6.07, 6.45) is 0.591. The zero-order chi connectivity index (χ0) is 13.0. The van der Waals surface area contributed by atoms with E-state index in [1.165, 1.54) is 0 Å².